The molecule has 2 unspecified atom stereocenters. The third kappa shape index (κ3) is 33.0. The second kappa shape index (κ2) is 31.7. The van der Waals surface area contributed by atoms with Crippen LogP contribution in [0, 0.1) is 0 Å². The van der Waals surface area contributed by atoms with Crippen LogP contribution in [0.4, 0.5) is 0 Å². The molecule has 0 aliphatic rings. The van der Waals surface area contributed by atoms with E-state index in [4.69, 9.17) is 0 Å². The van der Waals surface area contributed by atoms with Gasteiger partial charge >= 0.3 is 0 Å². The van der Waals surface area contributed by atoms with Crippen LogP contribution in [0.1, 0.15) is 142 Å². The number of nitrogens with one attached hydrogen (secondary N) is 1. The average molecular weight is 648 g/mol. The van der Waals surface area contributed by atoms with Crippen molar-refractivity contribution in [3.05, 3.63) is 72.9 Å². The van der Waals surface area contributed by atoms with Gasteiger partial charge in [0.1, 0.15) is 0 Å². The van der Waals surface area contributed by atoms with Crippen molar-refractivity contribution >= 4 is 16.0 Å². The van der Waals surface area contributed by atoms with Crippen molar-refractivity contribution in [2.24, 2.45) is 0 Å². The number of allylic oxidation sites excluding steroid dienone is 11. The molecule has 0 fully saturated rings. The van der Waals surface area contributed by atoms with Crippen LogP contribution in [-0.4, -0.2) is 41.9 Å². The molecule has 0 saturated heterocycles. The van der Waals surface area contributed by atoms with Crippen molar-refractivity contribution in [2.75, 3.05) is 5.75 Å². The van der Waals surface area contributed by atoms with Crippen molar-refractivity contribution in [1.82, 2.24) is 5.32 Å². The summed E-state index contributed by atoms with van der Waals surface area (Å²) >= 11 is 0. The molecule has 2 atom stereocenters. The summed E-state index contributed by atoms with van der Waals surface area (Å²) in [4.78, 5) is 12.4. The standard InChI is InChI=1S/C38H65NO5S/c1-3-5-7-9-11-13-15-17-18-19-20-22-24-26-28-30-32-34-38(41)39-36(35-45(42,43)44)37(40)33-31-29-27-25-23-21-16-14-12-10-8-6-4-2/h5,7,11,13,17-18,20,22-23,25,31,33,36-37,40H,3-4,6,8-10,12,14-16,19,21,24,26-30,32,34-35H2,1-2H3,(H,39,41)(H,42,43,44)/b7-5-,13-11-,18-17-,22-20-,25-23+,33-31+. The van der Waals surface area contributed by atoms with Gasteiger partial charge in [-0.25, -0.2) is 0 Å². The van der Waals surface area contributed by atoms with Gasteiger partial charge in [0.2, 0.25) is 5.91 Å². The molecule has 0 heterocycles. The highest BCUT2D eigenvalue weighted by molar-refractivity contribution is 7.85. The normalized spacial score (nSPS) is 14.3. The number of amides is 1. The largest absolute Gasteiger partial charge is 0.387 e. The van der Waals surface area contributed by atoms with Crippen LogP contribution in [0.25, 0.3) is 0 Å². The summed E-state index contributed by atoms with van der Waals surface area (Å²) < 4.78 is 32.3. The van der Waals surface area contributed by atoms with Gasteiger partial charge in [0, 0.05) is 6.42 Å². The number of aliphatic hydroxyl groups is 1. The first-order valence-electron chi connectivity index (χ1n) is 17.6. The lowest BCUT2D eigenvalue weighted by Crippen LogP contribution is -2.46. The van der Waals surface area contributed by atoms with E-state index in [2.05, 4.69) is 79.9 Å². The monoisotopic (exact) mass is 647 g/mol. The van der Waals surface area contributed by atoms with Crippen LogP contribution in [0.2, 0.25) is 0 Å². The molecule has 3 N–H and O–H groups in total. The Bertz CT molecular complexity index is 978. The topological polar surface area (TPSA) is 104 Å². The van der Waals surface area contributed by atoms with Crippen LogP contribution < -0.4 is 5.32 Å². The molecule has 0 spiro atoms. The predicted molar refractivity (Wildman–Crippen MR) is 193 cm³/mol. The van der Waals surface area contributed by atoms with Gasteiger partial charge < -0.3 is 10.4 Å². The highest BCUT2D eigenvalue weighted by atomic mass is 32.2. The lowest BCUT2D eigenvalue weighted by atomic mass is 10.1. The van der Waals surface area contributed by atoms with Gasteiger partial charge in [-0.15, -0.1) is 0 Å². The Labute approximate surface area is 276 Å². The van der Waals surface area contributed by atoms with Crippen LogP contribution >= 0.6 is 0 Å². The van der Waals surface area contributed by atoms with E-state index >= 15 is 0 Å². The Kier molecular flexibility index (Phi) is 30.2. The average Bonchev–Trinajstić information content (AvgIpc) is 3.00. The van der Waals surface area contributed by atoms with Crippen LogP contribution in [0.15, 0.2) is 72.9 Å². The molecule has 6 nitrogen and oxygen atoms in total. The first-order valence-corrected chi connectivity index (χ1v) is 19.2. The molecular weight excluding hydrogens is 582 g/mol. The number of carbonyl (C=O) groups excluding carboxylic acids is 1. The maximum absolute atomic E-state index is 12.4. The van der Waals surface area contributed by atoms with Gasteiger partial charge in [0.15, 0.2) is 0 Å². The fraction of sp³-hybridized carbons (Fsp3) is 0.658. The quantitative estimate of drug-likeness (QED) is 0.0409. The van der Waals surface area contributed by atoms with Crippen molar-refractivity contribution in [3.8, 4) is 0 Å². The first kappa shape index (κ1) is 42.8. The van der Waals surface area contributed by atoms with Crippen molar-refractivity contribution in [1.29, 1.82) is 0 Å². The maximum atomic E-state index is 12.4. The SMILES string of the molecule is CC/C=C\C/C=C\C/C=C\C/C=C\CCCCCCC(=O)NC(CS(=O)(=O)O)C(O)/C=C/CC/C=C/CCCCCCCCC. The molecule has 45 heavy (non-hydrogen) atoms. The molecule has 0 aliphatic heterocycles. The second-order valence-electron chi connectivity index (χ2n) is 11.8. The molecule has 0 radical (unpaired) electrons. The molecule has 0 rings (SSSR count). The first-order chi connectivity index (χ1) is 21.8. The summed E-state index contributed by atoms with van der Waals surface area (Å²) in [5, 5.41) is 13.1. The zero-order valence-electron chi connectivity index (χ0n) is 28.5. The molecule has 0 saturated carbocycles. The number of hydrogen-bond acceptors (Lipinski definition) is 4. The number of rotatable bonds is 30. The van der Waals surface area contributed by atoms with Crippen molar-refractivity contribution < 1.29 is 22.9 Å². The summed E-state index contributed by atoms with van der Waals surface area (Å²) in [6, 6.07) is -1.09. The van der Waals surface area contributed by atoms with E-state index in [1.54, 1.807) is 6.08 Å². The Balaban J connectivity index is 4.13. The van der Waals surface area contributed by atoms with Gasteiger partial charge in [0.05, 0.1) is 17.9 Å². The molecule has 0 aromatic carbocycles. The zero-order chi connectivity index (χ0) is 33.3. The third-order valence-electron chi connectivity index (χ3n) is 7.37. The van der Waals surface area contributed by atoms with Gasteiger partial charge in [-0.2, -0.15) is 8.42 Å². The molecule has 0 aliphatic carbocycles. The molecule has 7 heteroatoms. The Hall–Kier alpha value is -2.22. The minimum Gasteiger partial charge on any atom is -0.387 e. The Morgan fingerprint density at radius 2 is 1.09 bits per heavy atom. The molecule has 0 aromatic rings. The molecular formula is C38H65NO5S. The fourth-order valence-corrected chi connectivity index (χ4v) is 5.48. The number of carbonyl (C=O) groups is 1. The van der Waals surface area contributed by atoms with E-state index in [0.717, 1.165) is 64.2 Å². The summed E-state index contributed by atoms with van der Waals surface area (Å²) in [6.45, 7) is 4.37. The molecule has 258 valence electrons. The fourth-order valence-electron chi connectivity index (χ4n) is 4.75. The summed E-state index contributed by atoms with van der Waals surface area (Å²) in [5.74, 6) is -1.04. The summed E-state index contributed by atoms with van der Waals surface area (Å²) in [6.07, 6.45) is 44.5. The summed E-state index contributed by atoms with van der Waals surface area (Å²) in [5.41, 5.74) is 0. The number of unbranched alkanes of at least 4 members (excludes halogenated alkanes) is 12. The van der Waals surface area contributed by atoms with E-state index < -0.39 is 28.0 Å². The predicted octanol–water partition coefficient (Wildman–Crippen LogP) is 9.90. The highest BCUT2D eigenvalue weighted by Crippen LogP contribution is 2.10. The van der Waals surface area contributed by atoms with Crippen LogP contribution in [0.5, 0.6) is 0 Å². The lowest BCUT2D eigenvalue weighted by Gasteiger charge is -2.21. The van der Waals surface area contributed by atoms with Gasteiger partial charge in [-0.05, 0) is 70.6 Å². The van der Waals surface area contributed by atoms with Crippen LogP contribution in [0.3, 0.4) is 0 Å². The molecule has 1 amide bonds. The van der Waals surface area contributed by atoms with Crippen molar-refractivity contribution in [3.63, 3.8) is 0 Å². The van der Waals surface area contributed by atoms with E-state index in [0.29, 0.717) is 12.8 Å². The lowest BCUT2D eigenvalue weighted by molar-refractivity contribution is -0.122. The van der Waals surface area contributed by atoms with E-state index in [9.17, 15) is 22.9 Å². The highest BCUT2D eigenvalue weighted by Gasteiger charge is 2.24. The Morgan fingerprint density at radius 3 is 1.67 bits per heavy atom. The molecule has 0 bridgehead atoms. The smallest absolute Gasteiger partial charge is 0.267 e. The van der Waals surface area contributed by atoms with Gasteiger partial charge in [0.25, 0.3) is 10.1 Å². The minimum atomic E-state index is -4.36. The van der Waals surface area contributed by atoms with E-state index in [1.165, 1.54) is 51.0 Å². The third-order valence-corrected chi connectivity index (χ3v) is 8.15. The van der Waals surface area contributed by atoms with Crippen LogP contribution in [-0.2, 0) is 14.9 Å². The van der Waals surface area contributed by atoms with Gasteiger partial charge in [-0.3, -0.25) is 9.35 Å². The van der Waals surface area contributed by atoms with E-state index in [1.807, 2.05) is 0 Å². The van der Waals surface area contributed by atoms with Crippen molar-refractivity contribution in [2.45, 2.75) is 154 Å². The number of hydrogen-bond donors (Lipinski definition) is 3. The molecule has 0 aromatic heterocycles. The van der Waals surface area contributed by atoms with E-state index in [-0.39, 0.29) is 12.3 Å². The second-order valence-corrected chi connectivity index (χ2v) is 13.3. The zero-order valence-corrected chi connectivity index (χ0v) is 29.3. The number of aliphatic hydroxyl groups excluding tert-OH is 1. The van der Waals surface area contributed by atoms with Gasteiger partial charge in [-0.1, -0.05) is 138 Å². The minimum absolute atomic E-state index is 0.256. The Morgan fingerprint density at radius 1 is 0.622 bits per heavy atom. The summed E-state index contributed by atoms with van der Waals surface area (Å²) in [7, 11) is -4.36. The maximum Gasteiger partial charge on any atom is 0.267 e.